The standard InChI is InChI=1S/C23H29Cl3N2O7/c1-3-21(32,11-29)15-8-18-22(14-6-4-5-7-17(14)28(33-2)19(22)30)9-16(13(15)10-34-18)27-20(31)35-12-23(24,25)26/h4-7,13,15-16,18,29,32H,3,8-12H2,1-2H3,(H,27,31)/t13-,15+,16-,18-,21+,22-/m0/s1. The van der Waals surface area contributed by atoms with Crippen LogP contribution in [-0.2, 0) is 24.5 Å². The second-order valence-corrected chi connectivity index (χ2v) is 11.9. The summed E-state index contributed by atoms with van der Waals surface area (Å²) < 4.78 is 9.56. The predicted molar refractivity (Wildman–Crippen MR) is 129 cm³/mol. The van der Waals surface area contributed by atoms with Crippen molar-refractivity contribution < 1.29 is 34.1 Å². The number of amides is 2. The number of rotatable bonds is 6. The van der Waals surface area contributed by atoms with Gasteiger partial charge in [-0.05, 0) is 36.8 Å². The lowest BCUT2D eigenvalue weighted by molar-refractivity contribution is -0.155. The maximum atomic E-state index is 13.9. The number of nitrogens with one attached hydrogen (secondary N) is 1. The minimum Gasteiger partial charge on any atom is -0.445 e. The van der Waals surface area contributed by atoms with Crippen LogP contribution in [-0.4, -0.2) is 70.7 Å². The van der Waals surface area contributed by atoms with Crippen molar-refractivity contribution in [1.29, 1.82) is 0 Å². The molecule has 0 radical (unpaired) electrons. The summed E-state index contributed by atoms with van der Waals surface area (Å²) in [4.78, 5) is 32.1. The monoisotopic (exact) mass is 550 g/mol. The molecular weight excluding hydrogens is 523 g/mol. The van der Waals surface area contributed by atoms with E-state index in [9.17, 15) is 19.8 Å². The van der Waals surface area contributed by atoms with Gasteiger partial charge in [0, 0.05) is 12.0 Å². The summed E-state index contributed by atoms with van der Waals surface area (Å²) in [6.45, 7) is 1.01. The summed E-state index contributed by atoms with van der Waals surface area (Å²) >= 11 is 17.1. The summed E-state index contributed by atoms with van der Waals surface area (Å²) in [5, 5.41) is 25.5. The molecule has 3 aliphatic heterocycles. The van der Waals surface area contributed by atoms with Gasteiger partial charge in [0.05, 0.1) is 37.7 Å². The quantitative estimate of drug-likeness (QED) is 0.466. The van der Waals surface area contributed by atoms with Crippen molar-refractivity contribution in [3.63, 3.8) is 0 Å². The molecule has 12 heteroatoms. The van der Waals surface area contributed by atoms with Crippen LogP contribution in [0.4, 0.5) is 10.5 Å². The number of aliphatic hydroxyl groups is 2. The number of carbonyl (C=O) groups excluding carboxylic acids is 2. The molecule has 5 rings (SSSR count). The topological polar surface area (TPSA) is 118 Å². The number of fused-ring (bicyclic) bond motifs is 4. The second-order valence-electron chi connectivity index (χ2n) is 9.36. The maximum Gasteiger partial charge on any atom is 0.407 e. The van der Waals surface area contributed by atoms with Gasteiger partial charge in [0.15, 0.2) is 0 Å². The van der Waals surface area contributed by atoms with E-state index < -0.39 is 58.1 Å². The fourth-order valence-corrected chi connectivity index (χ4v) is 6.08. The SMILES string of the molecule is CC[C@@](O)(CO)[C@@H]1C[C@@H]2OC[C@@H]1[C@@H](NC(=O)OCC(Cl)(Cl)Cl)C[C@@]21C(=O)N(OC)c2ccccc21. The number of para-hydroxylation sites is 1. The van der Waals surface area contributed by atoms with Gasteiger partial charge < -0.3 is 25.0 Å². The van der Waals surface area contributed by atoms with Crippen LogP contribution in [0.2, 0.25) is 0 Å². The number of nitrogens with zero attached hydrogens (tertiary/aromatic N) is 1. The zero-order valence-corrected chi connectivity index (χ0v) is 21.6. The number of hydrogen-bond acceptors (Lipinski definition) is 7. The van der Waals surface area contributed by atoms with Crippen molar-refractivity contribution in [2.24, 2.45) is 11.8 Å². The minimum atomic E-state index is -1.79. The van der Waals surface area contributed by atoms with Gasteiger partial charge in [-0.25, -0.2) is 4.79 Å². The highest BCUT2D eigenvalue weighted by Gasteiger charge is 2.64. The summed E-state index contributed by atoms with van der Waals surface area (Å²) in [5.41, 5.74) is -1.31. The Kier molecular flexibility index (Phi) is 7.52. The number of ether oxygens (including phenoxy) is 2. The van der Waals surface area contributed by atoms with Gasteiger partial charge in [-0.1, -0.05) is 59.9 Å². The molecule has 0 unspecified atom stereocenters. The smallest absolute Gasteiger partial charge is 0.407 e. The molecule has 3 heterocycles. The van der Waals surface area contributed by atoms with E-state index in [-0.39, 0.29) is 25.4 Å². The molecule has 2 saturated heterocycles. The summed E-state index contributed by atoms with van der Waals surface area (Å²) in [5.74, 6) is -1.21. The van der Waals surface area contributed by atoms with Crippen LogP contribution >= 0.6 is 34.8 Å². The van der Waals surface area contributed by atoms with Crippen LogP contribution < -0.4 is 10.4 Å². The number of hydroxylamine groups is 1. The van der Waals surface area contributed by atoms with Gasteiger partial charge in [0.1, 0.15) is 12.0 Å². The number of benzene rings is 1. The summed E-state index contributed by atoms with van der Waals surface area (Å²) in [6.07, 6.45) is -0.695. The second kappa shape index (κ2) is 9.85. The molecule has 2 amide bonds. The van der Waals surface area contributed by atoms with E-state index in [2.05, 4.69) is 5.32 Å². The van der Waals surface area contributed by atoms with Crippen molar-refractivity contribution in [1.82, 2.24) is 5.32 Å². The van der Waals surface area contributed by atoms with Crippen molar-refractivity contribution in [3.8, 4) is 0 Å². The molecule has 1 saturated carbocycles. The van der Waals surface area contributed by atoms with E-state index in [1.54, 1.807) is 19.1 Å². The number of halogens is 3. The number of alkyl carbamates (subject to hydrolysis) is 1. The average molecular weight is 552 g/mol. The third-order valence-electron chi connectivity index (χ3n) is 7.68. The normalized spacial score (nSPS) is 31.7. The van der Waals surface area contributed by atoms with Crippen LogP contribution in [0.5, 0.6) is 0 Å². The molecule has 3 N–H and O–H groups in total. The van der Waals surface area contributed by atoms with E-state index in [4.69, 9.17) is 49.1 Å². The molecule has 1 aromatic carbocycles. The van der Waals surface area contributed by atoms with Gasteiger partial charge in [-0.3, -0.25) is 9.63 Å². The number of aliphatic hydroxyl groups excluding tert-OH is 1. The Bertz CT molecular complexity index is 971. The highest BCUT2D eigenvalue weighted by atomic mass is 35.6. The van der Waals surface area contributed by atoms with Crippen molar-refractivity contribution >= 4 is 52.5 Å². The maximum absolute atomic E-state index is 13.9. The highest BCUT2D eigenvalue weighted by Crippen LogP contribution is 2.55. The first kappa shape index (κ1) is 26.7. The number of carbonyl (C=O) groups is 2. The Morgan fingerprint density at radius 2 is 2.06 bits per heavy atom. The lowest BCUT2D eigenvalue weighted by Crippen LogP contribution is -2.55. The first-order chi connectivity index (χ1) is 16.5. The molecule has 4 aliphatic rings. The van der Waals surface area contributed by atoms with E-state index in [0.717, 1.165) is 0 Å². The van der Waals surface area contributed by atoms with Gasteiger partial charge >= 0.3 is 6.09 Å². The summed E-state index contributed by atoms with van der Waals surface area (Å²) in [7, 11) is 1.41. The number of hydrogen-bond donors (Lipinski definition) is 3. The number of anilines is 1. The molecule has 1 spiro atoms. The fourth-order valence-electron chi connectivity index (χ4n) is 5.92. The Balaban J connectivity index is 1.77. The Morgan fingerprint density at radius 1 is 1.34 bits per heavy atom. The lowest BCUT2D eigenvalue weighted by atomic mass is 9.70. The molecule has 3 fully saturated rings. The molecule has 2 bridgehead atoms. The molecule has 9 nitrogen and oxygen atoms in total. The molecule has 6 atom stereocenters. The minimum absolute atomic E-state index is 0.164. The first-order valence-corrected chi connectivity index (χ1v) is 12.6. The molecule has 1 aromatic rings. The van der Waals surface area contributed by atoms with E-state index in [0.29, 0.717) is 17.7 Å². The third kappa shape index (κ3) is 4.61. The Hall–Kier alpha value is -1.33. The Labute approximate surface area is 218 Å². The van der Waals surface area contributed by atoms with Crippen LogP contribution in [0.3, 0.4) is 0 Å². The van der Waals surface area contributed by atoms with Gasteiger partial charge in [0.2, 0.25) is 3.79 Å². The molecular formula is C23H29Cl3N2O7. The molecule has 1 aliphatic carbocycles. The van der Waals surface area contributed by atoms with Crippen LogP contribution in [0.1, 0.15) is 31.7 Å². The summed E-state index contributed by atoms with van der Waals surface area (Å²) in [6, 6.07) is 6.61. The van der Waals surface area contributed by atoms with Crippen molar-refractivity contribution in [2.45, 2.75) is 53.1 Å². The van der Waals surface area contributed by atoms with Gasteiger partial charge in [0.25, 0.3) is 5.91 Å². The zero-order valence-electron chi connectivity index (χ0n) is 19.4. The third-order valence-corrected chi connectivity index (χ3v) is 8.01. The molecule has 35 heavy (non-hydrogen) atoms. The van der Waals surface area contributed by atoms with Crippen LogP contribution in [0, 0.1) is 11.8 Å². The average Bonchev–Trinajstić information content (AvgIpc) is 2.93. The number of alkyl halides is 3. The largest absolute Gasteiger partial charge is 0.445 e. The van der Waals surface area contributed by atoms with Crippen molar-refractivity contribution in [3.05, 3.63) is 29.8 Å². The molecule has 194 valence electrons. The first-order valence-electron chi connectivity index (χ1n) is 11.4. The van der Waals surface area contributed by atoms with Crippen LogP contribution in [0.25, 0.3) is 0 Å². The van der Waals surface area contributed by atoms with Crippen LogP contribution in [0.15, 0.2) is 24.3 Å². The van der Waals surface area contributed by atoms with Crippen molar-refractivity contribution in [2.75, 3.05) is 32.0 Å². The van der Waals surface area contributed by atoms with E-state index in [1.165, 1.54) is 12.2 Å². The Morgan fingerprint density at radius 3 is 2.69 bits per heavy atom. The zero-order chi connectivity index (χ0) is 25.6. The van der Waals surface area contributed by atoms with E-state index >= 15 is 0 Å². The predicted octanol–water partition coefficient (Wildman–Crippen LogP) is 2.86. The van der Waals surface area contributed by atoms with E-state index in [1.807, 2.05) is 12.1 Å². The highest BCUT2D eigenvalue weighted by molar-refractivity contribution is 6.67. The fraction of sp³-hybridized carbons (Fsp3) is 0.652. The lowest BCUT2D eigenvalue weighted by Gasteiger charge is -2.45. The van der Waals surface area contributed by atoms with Gasteiger partial charge in [-0.2, -0.15) is 5.06 Å². The molecule has 0 aromatic heterocycles. The van der Waals surface area contributed by atoms with Gasteiger partial charge in [-0.15, -0.1) is 0 Å².